The summed E-state index contributed by atoms with van der Waals surface area (Å²) in [5, 5.41) is 12.1. The van der Waals surface area contributed by atoms with E-state index in [2.05, 4.69) is 26.8 Å². The van der Waals surface area contributed by atoms with E-state index in [4.69, 9.17) is 4.74 Å². The molecule has 0 bridgehead atoms. The van der Waals surface area contributed by atoms with Gasteiger partial charge in [0.15, 0.2) is 5.65 Å². The molecule has 1 saturated heterocycles. The van der Waals surface area contributed by atoms with Crippen LogP contribution in [-0.2, 0) is 4.74 Å². The van der Waals surface area contributed by atoms with Crippen molar-refractivity contribution in [1.82, 2.24) is 19.9 Å². The molecule has 0 aliphatic carbocycles. The first-order valence-electron chi connectivity index (χ1n) is 6.51. The van der Waals surface area contributed by atoms with Gasteiger partial charge in [0.05, 0.1) is 19.1 Å². The Kier molecular flexibility index (Phi) is 3.25. The summed E-state index contributed by atoms with van der Waals surface area (Å²) in [5.74, 6) is 1.28. The summed E-state index contributed by atoms with van der Waals surface area (Å²) in [7, 11) is 0. The molecule has 1 fully saturated rings. The Bertz CT molecular complexity index is 524. The number of hydrogen-bond donors (Lipinski definition) is 1. The number of aromatic nitrogens is 3. The molecule has 18 heavy (non-hydrogen) atoms. The van der Waals surface area contributed by atoms with Gasteiger partial charge in [-0.3, -0.25) is 4.40 Å². The molecule has 2 aromatic rings. The molecule has 1 aliphatic rings. The summed E-state index contributed by atoms with van der Waals surface area (Å²) >= 11 is 0. The summed E-state index contributed by atoms with van der Waals surface area (Å²) in [6, 6.07) is 6.30. The van der Waals surface area contributed by atoms with Gasteiger partial charge in [0.25, 0.3) is 0 Å². The highest BCUT2D eigenvalue weighted by Gasteiger charge is 2.32. The van der Waals surface area contributed by atoms with Crippen molar-refractivity contribution < 1.29 is 4.74 Å². The van der Waals surface area contributed by atoms with Gasteiger partial charge in [-0.05, 0) is 25.1 Å². The topological polar surface area (TPSA) is 51.5 Å². The van der Waals surface area contributed by atoms with Crippen LogP contribution >= 0.6 is 0 Å². The van der Waals surface area contributed by atoms with Crippen molar-refractivity contribution in [2.75, 3.05) is 19.8 Å². The van der Waals surface area contributed by atoms with E-state index in [1.54, 1.807) is 0 Å². The summed E-state index contributed by atoms with van der Waals surface area (Å²) in [6.07, 6.45) is 3.14. The Hall–Kier alpha value is -1.46. The fraction of sp³-hybridized carbons (Fsp3) is 0.538. The minimum Gasteiger partial charge on any atom is -0.379 e. The average Bonchev–Trinajstić information content (AvgIpc) is 3.02. The minimum atomic E-state index is 0.286. The van der Waals surface area contributed by atoms with Crippen molar-refractivity contribution in [3.05, 3.63) is 30.2 Å². The van der Waals surface area contributed by atoms with Gasteiger partial charge in [-0.1, -0.05) is 13.0 Å². The Morgan fingerprint density at radius 2 is 2.33 bits per heavy atom. The molecule has 2 atom stereocenters. The van der Waals surface area contributed by atoms with Crippen LogP contribution < -0.4 is 5.32 Å². The van der Waals surface area contributed by atoms with Gasteiger partial charge in [-0.15, -0.1) is 10.2 Å². The van der Waals surface area contributed by atoms with Crippen molar-refractivity contribution in [3.8, 4) is 0 Å². The quantitative estimate of drug-likeness (QED) is 0.881. The lowest BCUT2D eigenvalue weighted by Crippen LogP contribution is -2.35. The van der Waals surface area contributed by atoms with Gasteiger partial charge in [0, 0.05) is 12.2 Å². The molecule has 96 valence electrons. The number of pyridine rings is 1. The molecule has 1 aliphatic heterocycles. The van der Waals surface area contributed by atoms with Crippen molar-refractivity contribution in [2.24, 2.45) is 0 Å². The largest absolute Gasteiger partial charge is 0.379 e. The molecule has 2 unspecified atom stereocenters. The zero-order valence-corrected chi connectivity index (χ0v) is 10.5. The van der Waals surface area contributed by atoms with Crippen LogP contribution in [0.1, 0.15) is 25.1 Å². The second-order valence-electron chi connectivity index (χ2n) is 4.69. The fourth-order valence-corrected chi connectivity index (χ4v) is 2.45. The standard InChI is InChI=1S/C13H18N4O/c1-2-6-14-11-9-18-8-10(11)13-16-15-12-5-3-4-7-17(12)13/h3-5,7,10-11,14H,2,6,8-9H2,1H3. The third kappa shape index (κ3) is 2.00. The third-order valence-electron chi connectivity index (χ3n) is 3.41. The van der Waals surface area contributed by atoms with E-state index in [9.17, 15) is 0 Å². The molecule has 2 aromatic heterocycles. The molecule has 0 spiro atoms. The predicted molar refractivity (Wildman–Crippen MR) is 68.6 cm³/mol. The van der Waals surface area contributed by atoms with Crippen molar-refractivity contribution in [3.63, 3.8) is 0 Å². The lowest BCUT2D eigenvalue weighted by atomic mass is 10.0. The summed E-state index contributed by atoms with van der Waals surface area (Å²) in [6.45, 7) is 4.66. The van der Waals surface area contributed by atoms with Crippen molar-refractivity contribution >= 4 is 5.65 Å². The van der Waals surface area contributed by atoms with Gasteiger partial charge in [-0.25, -0.2) is 0 Å². The van der Waals surface area contributed by atoms with Crippen molar-refractivity contribution in [2.45, 2.75) is 25.3 Å². The molecule has 3 heterocycles. The number of nitrogens with one attached hydrogen (secondary N) is 1. The Morgan fingerprint density at radius 1 is 1.39 bits per heavy atom. The number of ether oxygens (including phenoxy) is 1. The molecule has 0 radical (unpaired) electrons. The van der Waals surface area contributed by atoms with Crippen LogP contribution in [0.5, 0.6) is 0 Å². The highest BCUT2D eigenvalue weighted by Crippen LogP contribution is 2.24. The van der Waals surface area contributed by atoms with E-state index in [0.29, 0.717) is 6.04 Å². The van der Waals surface area contributed by atoms with Crippen LogP contribution in [0.4, 0.5) is 0 Å². The Balaban J connectivity index is 1.88. The predicted octanol–water partition coefficient (Wildman–Crippen LogP) is 1.21. The Morgan fingerprint density at radius 3 is 3.22 bits per heavy atom. The molecular weight excluding hydrogens is 228 g/mol. The molecule has 1 N–H and O–H groups in total. The van der Waals surface area contributed by atoms with Crippen LogP contribution in [0.15, 0.2) is 24.4 Å². The molecule has 0 saturated carbocycles. The van der Waals surface area contributed by atoms with Gasteiger partial charge in [-0.2, -0.15) is 0 Å². The zero-order chi connectivity index (χ0) is 12.4. The molecule has 5 heteroatoms. The van der Waals surface area contributed by atoms with Crippen LogP contribution in [0.25, 0.3) is 5.65 Å². The van der Waals surface area contributed by atoms with Crippen molar-refractivity contribution in [1.29, 1.82) is 0 Å². The number of nitrogens with zero attached hydrogens (tertiary/aromatic N) is 3. The smallest absolute Gasteiger partial charge is 0.160 e. The normalized spacial score (nSPS) is 23.8. The maximum atomic E-state index is 5.60. The fourth-order valence-electron chi connectivity index (χ4n) is 2.45. The third-order valence-corrected chi connectivity index (χ3v) is 3.41. The highest BCUT2D eigenvalue weighted by molar-refractivity contribution is 5.38. The lowest BCUT2D eigenvalue weighted by molar-refractivity contribution is 0.187. The van der Waals surface area contributed by atoms with E-state index in [1.807, 2.05) is 24.4 Å². The van der Waals surface area contributed by atoms with Crippen LogP contribution in [0.2, 0.25) is 0 Å². The maximum absolute atomic E-state index is 5.60. The maximum Gasteiger partial charge on any atom is 0.160 e. The zero-order valence-electron chi connectivity index (χ0n) is 10.5. The Labute approximate surface area is 106 Å². The van der Waals surface area contributed by atoms with Gasteiger partial charge in [0.2, 0.25) is 0 Å². The van der Waals surface area contributed by atoms with Crippen LogP contribution in [0, 0.1) is 0 Å². The monoisotopic (exact) mass is 246 g/mol. The van der Waals surface area contributed by atoms with Gasteiger partial charge in [0.1, 0.15) is 5.82 Å². The average molecular weight is 246 g/mol. The van der Waals surface area contributed by atoms with E-state index >= 15 is 0 Å². The van der Waals surface area contributed by atoms with E-state index < -0.39 is 0 Å². The summed E-state index contributed by atoms with van der Waals surface area (Å²) in [4.78, 5) is 0. The highest BCUT2D eigenvalue weighted by atomic mass is 16.5. The molecular formula is C13H18N4O. The summed E-state index contributed by atoms with van der Waals surface area (Å²) in [5.41, 5.74) is 0.897. The number of fused-ring (bicyclic) bond motifs is 1. The first-order chi connectivity index (χ1) is 8.90. The van der Waals surface area contributed by atoms with E-state index in [-0.39, 0.29) is 5.92 Å². The molecule has 5 nitrogen and oxygen atoms in total. The summed E-state index contributed by atoms with van der Waals surface area (Å²) < 4.78 is 7.65. The SMILES string of the molecule is CCCNC1COCC1c1nnc2ccccn12. The van der Waals surface area contributed by atoms with E-state index in [0.717, 1.165) is 37.7 Å². The van der Waals surface area contributed by atoms with Crippen LogP contribution in [-0.4, -0.2) is 40.4 Å². The number of rotatable bonds is 4. The van der Waals surface area contributed by atoms with Gasteiger partial charge >= 0.3 is 0 Å². The first-order valence-corrected chi connectivity index (χ1v) is 6.51. The molecule has 3 rings (SSSR count). The first kappa shape index (κ1) is 11.6. The number of hydrogen-bond acceptors (Lipinski definition) is 4. The molecule has 0 aromatic carbocycles. The van der Waals surface area contributed by atoms with E-state index in [1.165, 1.54) is 0 Å². The van der Waals surface area contributed by atoms with Gasteiger partial charge < -0.3 is 10.1 Å². The lowest BCUT2D eigenvalue weighted by Gasteiger charge is -2.17. The molecule has 0 amide bonds. The second-order valence-corrected chi connectivity index (χ2v) is 4.69. The minimum absolute atomic E-state index is 0.286. The van der Waals surface area contributed by atoms with Crippen LogP contribution in [0.3, 0.4) is 0 Å². The second kappa shape index (κ2) is 5.04.